The van der Waals surface area contributed by atoms with Crippen molar-refractivity contribution in [1.29, 1.82) is 0 Å². The Hall–Kier alpha value is -1.22. The molecule has 0 amide bonds. The lowest BCUT2D eigenvalue weighted by Gasteiger charge is -2.11. The van der Waals surface area contributed by atoms with Gasteiger partial charge in [0.05, 0.1) is 25.2 Å². The second-order valence-electron chi connectivity index (χ2n) is 3.36. The van der Waals surface area contributed by atoms with Crippen LogP contribution in [0.25, 0.3) is 0 Å². The van der Waals surface area contributed by atoms with Crippen LogP contribution in [-0.4, -0.2) is 19.7 Å². The predicted octanol–water partition coefficient (Wildman–Crippen LogP) is 2.76. The lowest BCUT2D eigenvalue weighted by atomic mass is 10.1. The highest BCUT2D eigenvalue weighted by Crippen LogP contribution is 2.30. The quantitative estimate of drug-likeness (QED) is 0.762. The lowest BCUT2D eigenvalue weighted by Crippen LogP contribution is -2.09. The molecular weight excluding hydrogens is 228 g/mol. The minimum absolute atomic E-state index is 0.176. The molecule has 0 aliphatic heterocycles. The van der Waals surface area contributed by atoms with Crippen molar-refractivity contribution in [3.8, 4) is 5.75 Å². The topological polar surface area (TPSA) is 35.5 Å². The highest BCUT2D eigenvalue weighted by atomic mass is 35.5. The van der Waals surface area contributed by atoms with Crippen molar-refractivity contribution in [3.05, 3.63) is 28.3 Å². The van der Waals surface area contributed by atoms with Gasteiger partial charge in [-0.1, -0.05) is 17.7 Å². The maximum atomic E-state index is 11.4. The van der Waals surface area contributed by atoms with E-state index in [-0.39, 0.29) is 12.4 Å². The molecule has 0 unspecified atom stereocenters. The molecule has 16 heavy (non-hydrogen) atoms. The molecule has 0 fully saturated rings. The average molecular weight is 243 g/mol. The number of rotatable bonds is 4. The number of carbonyl (C=O) groups excluding carboxylic acids is 1. The average Bonchev–Trinajstić information content (AvgIpc) is 2.25. The minimum atomic E-state index is -0.277. The molecule has 88 valence electrons. The molecule has 3 nitrogen and oxygen atoms in total. The number of aryl methyl sites for hydroxylation is 1. The third-order valence-corrected chi connectivity index (χ3v) is 2.70. The summed E-state index contributed by atoms with van der Waals surface area (Å²) < 4.78 is 9.99. The number of hydrogen-bond acceptors (Lipinski definition) is 3. The maximum Gasteiger partial charge on any atom is 0.310 e. The monoisotopic (exact) mass is 242 g/mol. The Morgan fingerprint density at radius 3 is 2.69 bits per heavy atom. The molecular formula is C12H15ClO3. The van der Waals surface area contributed by atoms with Gasteiger partial charge in [-0.15, -0.1) is 0 Å². The first-order chi connectivity index (χ1) is 7.60. The van der Waals surface area contributed by atoms with Gasteiger partial charge in [0.15, 0.2) is 0 Å². The standard InChI is InChI=1S/C12H15ClO3/c1-4-16-11(14)7-9-8(2)5-6-10(15-3)12(9)13/h5-6H,4,7H2,1-3H3. The third kappa shape index (κ3) is 2.89. The van der Waals surface area contributed by atoms with Crippen LogP contribution >= 0.6 is 11.6 Å². The first-order valence-corrected chi connectivity index (χ1v) is 5.45. The number of ether oxygens (including phenoxy) is 2. The van der Waals surface area contributed by atoms with E-state index in [2.05, 4.69) is 0 Å². The molecule has 0 spiro atoms. The van der Waals surface area contributed by atoms with Crippen molar-refractivity contribution >= 4 is 17.6 Å². The number of benzene rings is 1. The van der Waals surface area contributed by atoms with Crippen molar-refractivity contribution in [2.24, 2.45) is 0 Å². The van der Waals surface area contributed by atoms with E-state index >= 15 is 0 Å². The van der Waals surface area contributed by atoms with E-state index in [1.807, 2.05) is 13.0 Å². The van der Waals surface area contributed by atoms with Crippen LogP contribution in [0.5, 0.6) is 5.75 Å². The fraction of sp³-hybridized carbons (Fsp3) is 0.417. The fourth-order valence-electron chi connectivity index (χ4n) is 1.43. The van der Waals surface area contributed by atoms with Gasteiger partial charge in [0, 0.05) is 0 Å². The van der Waals surface area contributed by atoms with Crippen LogP contribution in [0, 0.1) is 6.92 Å². The van der Waals surface area contributed by atoms with E-state index in [4.69, 9.17) is 21.1 Å². The molecule has 0 heterocycles. The highest BCUT2D eigenvalue weighted by molar-refractivity contribution is 6.33. The van der Waals surface area contributed by atoms with Crippen LogP contribution < -0.4 is 4.74 Å². The molecule has 0 aliphatic rings. The third-order valence-electron chi connectivity index (χ3n) is 2.29. The summed E-state index contributed by atoms with van der Waals surface area (Å²) in [6, 6.07) is 3.66. The molecule has 0 aliphatic carbocycles. The van der Waals surface area contributed by atoms with Gasteiger partial charge >= 0.3 is 5.97 Å². The van der Waals surface area contributed by atoms with Gasteiger partial charge in [0.2, 0.25) is 0 Å². The Labute approximate surface area is 100 Å². The van der Waals surface area contributed by atoms with Crippen LogP contribution in [0.15, 0.2) is 12.1 Å². The molecule has 0 atom stereocenters. The van der Waals surface area contributed by atoms with E-state index in [0.29, 0.717) is 17.4 Å². The minimum Gasteiger partial charge on any atom is -0.495 e. The first kappa shape index (κ1) is 12.8. The molecule has 4 heteroatoms. The lowest BCUT2D eigenvalue weighted by molar-refractivity contribution is -0.142. The van der Waals surface area contributed by atoms with Gasteiger partial charge in [-0.2, -0.15) is 0 Å². The van der Waals surface area contributed by atoms with Gasteiger partial charge in [-0.3, -0.25) is 4.79 Å². The van der Waals surface area contributed by atoms with Crippen molar-refractivity contribution in [2.45, 2.75) is 20.3 Å². The molecule has 1 aromatic rings. The normalized spacial score (nSPS) is 10.0. The summed E-state index contributed by atoms with van der Waals surface area (Å²) in [5, 5.41) is 0.482. The van der Waals surface area contributed by atoms with Gasteiger partial charge in [0.25, 0.3) is 0 Å². The Morgan fingerprint density at radius 1 is 1.44 bits per heavy atom. The Kier molecular flexibility index (Phi) is 4.62. The summed E-state index contributed by atoms with van der Waals surface area (Å²) in [7, 11) is 1.55. The van der Waals surface area contributed by atoms with E-state index in [0.717, 1.165) is 11.1 Å². The molecule has 1 rings (SSSR count). The fourth-order valence-corrected chi connectivity index (χ4v) is 1.78. The van der Waals surface area contributed by atoms with E-state index in [1.54, 1.807) is 20.1 Å². The number of esters is 1. The van der Waals surface area contributed by atoms with Crippen LogP contribution in [0.2, 0.25) is 5.02 Å². The SMILES string of the molecule is CCOC(=O)Cc1c(C)ccc(OC)c1Cl. The summed E-state index contributed by atoms with van der Waals surface area (Å²) in [5.41, 5.74) is 1.72. The zero-order valence-corrected chi connectivity index (χ0v) is 10.4. The van der Waals surface area contributed by atoms with Crippen LogP contribution in [0.3, 0.4) is 0 Å². The number of hydrogen-bond donors (Lipinski definition) is 0. The summed E-state index contributed by atoms with van der Waals surface area (Å²) in [6.45, 7) is 4.05. The second kappa shape index (κ2) is 5.75. The van der Waals surface area contributed by atoms with E-state index < -0.39 is 0 Å². The van der Waals surface area contributed by atoms with Gasteiger partial charge in [0.1, 0.15) is 5.75 Å². The Morgan fingerprint density at radius 2 is 2.12 bits per heavy atom. The van der Waals surface area contributed by atoms with Gasteiger partial charge < -0.3 is 9.47 Å². The molecule has 0 bridgehead atoms. The molecule has 1 aromatic carbocycles. The van der Waals surface area contributed by atoms with Crippen molar-refractivity contribution in [3.63, 3.8) is 0 Å². The Balaban J connectivity index is 2.98. The smallest absolute Gasteiger partial charge is 0.310 e. The predicted molar refractivity (Wildman–Crippen MR) is 63.1 cm³/mol. The van der Waals surface area contributed by atoms with E-state index in [9.17, 15) is 4.79 Å². The second-order valence-corrected chi connectivity index (χ2v) is 3.74. The highest BCUT2D eigenvalue weighted by Gasteiger charge is 2.14. The maximum absolute atomic E-state index is 11.4. The van der Waals surface area contributed by atoms with Crippen LogP contribution in [-0.2, 0) is 16.0 Å². The summed E-state index contributed by atoms with van der Waals surface area (Å²) in [6.07, 6.45) is 0.176. The molecule has 0 aromatic heterocycles. The van der Waals surface area contributed by atoms with Crippen LogP contribution in [0.4, 0.5) is 0 Å². The van der Waals surface area contributed by atoms with Gasteiger partial charge in [-0.25, -0.2) is 0 Å². The zero-order valence-electron chi connectivity index (χ0n) is 9.67. The van der Waals surface area contributed by atoms with Gasteiger partial charge in [-0.05, 0) is 31.0 Å². The molecule has 0 N–H and O–H groups in total. The Bertz CT molecular complexity index is 388. The first-order valence-electron chi connectivity index (χ1n) is 5.07. The molecule has 0 saturated carbocycles. The van der Waals surface area contributed by atoms with Crippen molar-refractivity contribution in [2.75, 3.05) is 13.7 Å². The zero-order chi connectivity index (χ0) is 12.1. The van der Waals surface area contributed by atoms with Crippen molar-refractivity contribution in [1.82, 2.24) is 0 Å². The van der Waals surface area contributed by atoms with Crippen LogP contribution in [0.1, 0.15) is 18.1 Å². The molecule has 0 saturated heterocycles. The number of methoxy groups -OCH3 is 1. The summed E-state index contributed by atoms with van der Waals surface area (Å²) in [5.74, 6) is 0.298. The van der Waals surface area contributed by atoms with Crippen molar-refractivity contribution < 1.29 is 14.3 Å². The molecule has 0 radical (unpaired) electrons. The largest absolute Gasteiger partial charge is 0.495 e. The number of halogens is 1. The number of carbonyl (C=O) groups is 1. The van der Waals surface area contributed by atoms with E-state index in [1.165, 1.54) is 0 Å². The summed E-state index contributed by atoms with van der Waals surface area (Å²) in [4.78, 5) is 11.4. The summed E-state index contributed by atoms with van der Waals surface area (Å²) >= 11 is 6.13.